The lowest BCUT2D eigenvalue weighted by Gasteiger charge is -2.12. The molecule has 0 fully saturated rings. The van der Waals surface area contributed by atoms with Crippen LogP contribution in [0.15, 0.2) is 45.3 Å². The number of anilines is 2. The molecule has 2 aromatic carbocycles. The topological polar surface area (TPSA) is 35.8 Å². The molecule has 4 heteroatoms. The molecule has 0 amide bonds. The fourth-order valence-electron chi connectivity index (χ4n) is 1.61. The second kappa shape index (κ2) is 5.55. The first-order chi connectivity index (χ1) is 8.61. The average Bonchev–Trinajstić information content (AvgIpc) is 2.34. The Labute approximate surface area is 123 Å². The van der Waals surface area contributed by atoms with Gasteiger partial charge in [-0.25, -0.2) is 0 Å². The van der Waals surface area contributed by atoms with Gasteiger partial charge in [-0.3, -0.25) is 0 Å². The van der Waals surface area contributed by atoms with E-state index in [0.29, 0.717) is 5.56 Å². The lowest BCUT2D eigenvalue weighted by atomic mass is 10.1. The summed E-state index contributed by atoms with van der Waals surface area (Å²) < 4.78 is 1.89. The Morgan fingerprint density at radius 1 is 1.11 bits per heavy atom. The molecule has 18 heavy (non-hydrogen) atoms. The van der Waals surface area contributed by atoms with Crippen molar-refractivity contribution in [1.29, 1.82) is 5.26 Å². The molecule has 0 saturated carbocycles. The van der Waals surface area contributed by atoms with Crippen LogP contribution in [0.5, 0.6) is 0 Å². The summed E-state index contributed by atoms with van der Waals surface area (Å²) in [5.74, 6) is 0. The van der Waals surface area contributed by atoms with Crippen LogP contribution in [-0.4, -0.2) is 0 Å². The summed E-state index contributed by atoms with van der Waals surface area (Å²) in [4.78, 5) is 0. The van der Waals surface area contributed by atoms with E-state index in [4.69, 9.17) is 5.26 Å². The lowest BCUT2D eigenvalue weighted by molar-refractivity contribution is 1.40. The van der Waals surface area contributed by atoms with Crippen LogP contribution in [0.2, 0.25) is 0 Å². The van der Waals surface area contributed by atoms with Gasteiger partial charge in [0.05, 0.1) is 16.9 Å². The van der Waals surface area contributed by atoms with Crippen molar-refractivity contribution in [2.45, 2.75) is 6.92 Å². The van der Waals surface area contributed by atoms with Crippen molar-refractivity contribution in [1.82, 2.24) is 0 Å². The first-order valence-electron chi connectivity index (χ1n) is 5.33. The van der Waals surface area contributed by atoms with E-state index in [-0.39, 0.29) is 0 Å². The van der Waals surface area contributed by atoms with Crippen LogP contribution in [0.4, 0.5) is 11.4 Å². The number of rotatable bonds is 2. The summed E-state index contributed by atoms with van der Waals surface area (Å²) in [7, 11) is 0. The number of hydrogen-bond acceptors (Lipinski definition) is 2. The minimum atomic E-state index is 0.628. The predicted octanol–water partition coefficient (Wildman–Crippen LogP) is 5.14. The van der Waals surface area contributed by atoms with Crippen molar-refractivity contribution in [2.75, 3.05) is 5.32 Å². The molecule has 2 nitrogen and oxygen atoms in total. The van der Waals surface area contributed by atoms with Gasteiger partial charge in [-0.15, -0.1) is 0 Å². The van der Waals surface area contributed by atoms with Crippen LogP contribution in [-0.2, 0) is 0 Å². The van der Waals surface area contributed by atoms with Gasteiger partial charge in [0.15, 0.2) is 0 Å². The molecule has 0 bridgehead atoms. The maximum Gasteiger partial charge on any atom is 0.101 e. The minimum Gasteiger partial charge on any atom is -0.353 e. The average molecular weight is 366 g/mol. The van der Waals surface area contributed by atoms with Crippen LogP contribution in [0.25, 0.3) is 0 Å². The van der Waals surface area contributed by atoms with E-state index in [1.54, 1.807) is 0 Å². The van der Waals surface area contributed by atoms with Crippen molar-refractivity contribution in [3.05, 3.63) is 56.5 Å². The number of nitrogens with zero attached hydrogens (tertiary/aromatic N) is 1. The number of nitriles is 1. The van der Waals surface area contributed by atoms with Gasteiger partial charge in [-0.2, -0.15) is 5.26 Å². The van der Waals surface area contributed by atoms with Crippen LogP contribution in [0.1, 0.15) is 11.1 Å². The Bertz CT molecular complexity index is 610. The number of benzene rings is 2. The maximum atomic E-state index is 9.11. The Balaban J connectivity index is 2.46. The Morgan fingerprint density at radius 2 is 1.78 bits per heavy atom. The van der Waals surface area contributed by atoms with Crippen LogP contribution >= 0.6 is 31.9 Å². The largest absolute Gasteiger partial charge is 0.353 e. The van der Waals surface area contributed by atoms with Gasteiger partial charge in [0, 0.05) is 8.95 Å². The van der Waals surface area contributed by atoms with Crippen LogP contribution in [0, 0.1) is 18.3 Å². The molecular formula is C14H10Br2N2. The Kier molecular flexibility index (Phi) is 4.05. The van der Waals surface area contributed by atoms with Gasteiger partial charge in [0.1, 0.15) is 6.07 Å². The third kappa shape index (κ3) is 2.74. The molecule has 0 saturated heterocycles. The quantitative estimate of drug-likeness (QED) is 0.800. The number of para-hydroxylation sites is 1. The molecule has 2 rings (SSSR count). The molecule has 0 aliphatic rings. The van der Waals surface area contributed by atoms with Crippen molar-refractivity contribution < 1.29 is 0 Å². The fraction of sp³-hybridized carbons (Fsp3) is 0.0714. The predicted molar refractivity (Wildman–Crippen MR) is 81.0 cm³/mol. The molecule has 0 radical (unpaired) electrons. The number of aryl methyl sites for hydroxylation is 1. The highest BCUT2D eigenvalue weighted by molar-refractivity contribution is 9.11. The molecule has 0 spiro atoms. The molecule has 1 N–H and O–H groups in total. The first kappa shape index (κ1) is 13.1. The lowest BCUT2D eigenvalue weighted by Crippen LogP contribution is -1.96. The van der Waals surface area contributed by atoms with E-state index in [0.717, 1.165) is 25.9 Å². The van der Waals surface area contributed by atoms with Gasteiger partial charge < -0.3 is 5.32 Å². The summed E-state index contributed by atoms with van der Waals surface area (Å²) in [5, 5.41) is 12.4. The van der Waals surface area contributed by atoms with E-state index in [9.17, 15) is 0 Å². The highest BCUT2D eigenvalue weighted by Gasteiger charge is 2.08. The van der Waals surface area contributed by atoms with Crippen molar-refractivity contribution >= 4 is 43.2 Å². The molecule has 90 valence electrons. The van der Waals surface area contributed by atoms with E-state index in [1.165, 1.54) is 0 Å². The number of halogens is 2. The second-order valence-electron chi connectivity index (χ2n) is 3.88. The zero-order valence-electron chi connectivity index (χ0n) is 9.67. The third-order valence-electron chi connectivity index (χ3n) is 2.52. The SMILES string of the molecule is Cc1ccc(C#N)c(Nc2c(Br)cccc2Br)c1. The van der Waals surface area contributed by atoms with E-state index in [2.05, 4.69) is 43.2 Å². The fourth-order valence-corrected chi connectivity index (χ4v) is 2.81. The molecule has 0 aliphatic carbocycles. The summed E-state index contributed by atoms with van der Waals surface area (Å²) >= 11 is 6.99. The van der Waals surface area contributed by atoms with Gasteiger partial charge in [-0.05, 0) is 68.6 Å². The summed E-state index contributed by atoms with van der Waals surface area (Å²) in [6.07, 6.45) is 0. The molecule has 0 heterocycles. The summed E-state index contributed by atoms with van der Waals surface area (Å²) in [6, 6.07) is 13.8. The van der Waals surface area contributed by atoms with Gasteiger partial charge in [-0.1, -0.05) is 12.1 Å². The zero-order valence-corrected chi connectivity index (χ0v) is 12.8. The van der Waals surface area contributed by atoms with Gasteiger partial charge in [0.25, 0.3) is 0 Å². The normalized spacial score (nSPS) is 9.89. The molecule has 0 atom stereocenters. The zero-order chi connectivity index (χ0) is 13.1. The van der Waals surface area contributed by atoms with Crippen LogP contribution in [0.3, 0.4) is 0 Å². The van der Waals surface area contributed by atoms with Crippen molar-refractivity contribution in [2.24, 2.45) is 0 Å². The maximum absolute atomic E-state index is 9.11. The smallest absolute Gasteiger partial charge is 0.101 e. The Hall–Kier alpha value is -1.31. The van der Waals surface area contributed by atoms with Gasteiger partial charge in [0.2, 0.25) is 0 Å². The van der Waals surface area contributed by atoms with E-state index in [1.807, 2.05) is 43.3 Å². The number of hydrogen-bond donors (Lipinski definition) is 1. The highest BCUT2D eigenvalue weighted by Crippen LogP contribution is 2.34. The molecule has 0 aromatic heterocycles. The summed E-state index contributed by atoms with van der Waals surface area (Å²) in [5.41, 5.74) is 3.47. The van der Waals surface area contributed by atoms with Crippen LogP contribution < -0.4 is 5.32 Å². The van der Waals surface area contributed by atoms with Gasteiger partial charge >= 0.3 is 0 Å². The summed E-state index contributed by atoms with van der Waals surface area (Å²) in [6.45, 7) is 2.00. The second-order valence-corrected chi connectivity index (χ2v) is 5.59. The standard InChI is InChI=1S/C14H10Br2N2/c1-9-5-6-10(8-17)13(7-9)18-14-11(15)3-2-4-12(14)16/h2-7,18H,1H3. The number of nitrogens with one attached hydrogen (secondary N) is 1. The van der Waals surface area contributed by atoms with Crippen molar-refractivity contribution in [3.8, 4) is 6.07 Å². The molecule has 0 unspecified atom stereocenters. The van der Waals surface area contributed by atoms with E-state index < -0.39 is 0 Å². The first-order valence-corrected chi connectivity index (χ1v) is 6.92. The third-order valence-corrected chi connectivity index (χ3v) is 3.84. The molecular weight excluding hydrogens is 356 g/mol. The highest BCUT2D eigenvalue weighted by atomic mass is 79.9. The minimum absolute atomic E-state index is 0.628. The molecule has 0 aliphatic heterocycles. The van der Waals surface area contributed by atoms with Crippen molar-refractivity contribution in [3.63, 3.8) is 0 Å². The Morgan fingerprint density at radius 3 is 2.39 bits per heavy atom. The monoisotopic (exact) mass is 364 g/mol. The molecule has 2 aromatic rings. The van der Waals surface area contributed by atoms with E-state index >= 15 is 0 Å².